The van der Waals surface area contributed by atoms with E-state index in [4.69, 9.17) is 10.9 Å². The van der Waals surface area contributed by atoms with Crippen molar-refractivity contribution in [2.75, 3.05) is 0 Å². The fourth-order valence-electron chi connectivity index (χ4n) is 1.53. The number of thiazole rings is 1. The first-order valence-electron chi connectivity index (χ1n) is 5.63. The Morgan fingerprint density at radius 3 is 2.55 bits per heavy atom. The maximum atomic E-state index is 11.9. The van der Waals surface area contributed by atoms with Gasteiger partial charge in [-0.15, -0.1) is 0 Å². The highest BCUT2D eigenvalue weighted by Gasteiger charge is 2.07. The van der Waals surface area contributed by atoms with E-state index in [-0.39, 0.29) is 23.2 Å². The van der Waals surface area contributed by atoms with Gasteiger partial charge in [-0.1, -0.05) is 28.6 Å². The maximum absolute atomic E-state index is 11.9. The van der Waals surface area contributed by atoms with Crippen molar-refractivity contribution in [3.63, 3.8) is 0 Å². The zero-order valence-corrected chi connectivity index (χ0v) is 11.1. The quantitative estimate of drug-likeness (QED) is 0.283. The second-order valence-electron chi connectivity index (χ2n) is 3.92. The lowest BCUT2D eigenvalue weighted by Gasteiger charge is -2.04. The molecule has 0 aliphatic heterocycles. The molecule has 0 saturated carbocycles. The fraction of sp³-hybridized carbons (Fsp3) is 0.0833. The first-order chi connectivity index (χ1) is 9.60. The van der Waals surface area contributed by atoms with Crippen molar-refractivity contribution in [3.05, 3.63) is 56.1 Å². The smallest absolute Gasteiger partial charge is 0.304 e. The highest BCUT2D eigenvalue weighted by atomic mass is 32.1. The van der Waals surface area contributed by atoms with Crippen molar-refractivity contribution in [1.29, 1.82) is 0 Å². The highest BCUT2D eigenvalue weighted by Crippen LogP contribution is 2.05. The fourth-order valence-corrected chi connectivity index (χ4v) is 2.11. The van der Waals surface area contributed by atoms with Gasteiger partial charge in [0, 0.05) is 22.2 Å². The van der Waals surface area contributed by atoms with E-state index >= 15 is 0 Å². The monoisotopic (exact) mass is 292 g/mol. The third-order valence-corrected chi connectivity index (χ3v) is 3.28. The van der Waals surface area contributed by atoms with Crippen LogP contribution in [0, 0.1) is 0 Å². The number of amides is 1. The van der Waals surface area contributed by atoms with Crippen molar-refractivity contribution in [1.82, 2.24) is 10.3 Å². The molecular formula is C12H12N4O3S. The first-order valence-corrected chi connectivity index (χ1v) is 6.51. The number of aromatic amines is 1. The molecule has 0 saturated heterocycles. The largest absolute Gasteiger partial charge is 0.409 e. The Bertz CT molecular complexity index is 687. The van der Waals surface area contributed by atoms with Crippen LogP contribution in [0.15, 0.2) is 39.6 Å². The number of carbonyl (C=O) groups excluding carboxylic acids is 1. The number of aromatic nitrogens is 1. The molecule has 104 valence electrons. The van der Waals surface area contributed by atoms with Crippen LogP contribution in [0.5, 0.6) is 0 Å². The molecule has 2 rings (SSSR count). The lowest BCUT2D eigenvalue weighted by atomic mass is 10.1. The van der Waals surface area contributed by atoms with Gasteiger partial charge >= 0.3 is 4.87 Å². The van der Waals surface area contributed by atoms with E-state index in [1.165, 1.54) is 0 Å². The molecule has 8 heteroatoms. The van der Waals surface area contributed by atoms with Crippen LogP contribution in [-0.2, 0) is 6.54 Å². The Kier molecular flexibility index (Phi) is 4.16. The molecule has 1 heterocycles. The number of hydrogen-bond acceptors (Lipinski definition) is 5. The number of amidine groups is 1. The molecule has 0 atom stereocenters. The number of H-pyrrole nitrogens is 1. The predicted octanol–water partition coefficient (Wildman–Crippen LogP) is 0.461. The first kappa shape index (κ1) is 13.8. The number of hydrogen-bond donors (Lipinski definition) is 4. The molecule has 1 amide bonds. The van der Waals surface area contributed by atoms with Crippen LogP contribution in [0.2, 0.25) is 0 Å². The lowest BCUT2D eigenvalue weighted by Crippen LogP contribution is -2.23. The van der Waals surface area contributed by atoms with Crippen molar-refractivity contribution in [2.24, 2.45) is 10.9 Å². The summed E-state index contributed by atoms with van der Waals surface area (Å²) in [6.45, 7) is 0.250. The van der Waals surface area contributed by atoms with Crippen LogP contribution >= 0.6 is 11.3 Å². The van der Waals surface area contributed by atoms with Crippen molar-refractivity contribution in [3.8, 4) is 0 Å². The number of nitrogens with two attached hydrogens (primary N) is 1. The van der Waals surface area contributed by atoms with E-state index < -0.39 is 0 Å². The summed E-state index contributed by atoms with van der Waals surface area (Å²) < 4.78 is 0. The number of benzene rings is 1. The lowest BCUT2D eigenvalue weighted by molar-refractivity contribution is 0.0950. The molecule has 0 fully saturated rings. The van der Waals surface area contributed by atoms with E-state index in [2.05, 4.69) is 15.5 Å². The van der Waals surface area contributed by atoms with E-state index in [0.717, 1.165) is 11.3 Å². The number of oxime groups is 1. The van der Waals surface area contributed by atoms with Crippen molar-refractivity contribution < 1.29 is 10.0 Å². The SMILES string of the molecule is N/C(=N/O)c1ccc(C(=O)NCc2csc(=O)[nH]2)cc1. The molecule has 2 aromatic rings. The van der Waals surface area contributed by atoms with E-state index in [0.29, 0.717) is 16.8 Å². The Hall–Kier alpha value is -2.61. The van der Waals surface area contributed by atoms with Gasteiger partial charge < -0.3 is 21.2 Å². The van der Waals surface area contributed by atoms with Gasteiger partial charge in [0.15, 0.2) is 5.84 Å². The molecule has 1 aromatic heterocycles. The number of nitrogens with zero attached hydrogens (tertiary/aromatic N) is 1. The molecule has 1 aromatic carbocycles. The van der Waals surface area contributed by atoms with E-state index in [1.807, 2.05) is 0 Å². The van der Waals surface area contributed by atoms with Gasteiger partial charge in [-0.25, -0.2) is 0 Å². The molecule has 0 aliphatic carbocycles. The van der Waals surface area contributed by atoms with Gasteiger partial charge in [0.05, 0.1) is 6.54 Å². The minimum atomic E-state index is -0.275. The van der Waals surface area contributed by atoms with Crippen LogP contribution in [0.4, 0.5) is 0 Å². The highest BCUT2D eigenvalue weighted by molar-refractivity contribution is 7.07. The Morgan fingerprint density at radius 1 is 1.35 bits per heavy atom. The van der Waals surface area contributed by atoms with Gasteiger partial charge in [-0.05, 0) is 12.1 Å². The number of rotatable bonds is 4. The minimum Gasteiger partial charge on any atom is -0.409 e. The summed E-state index contributed by atoms with van der Waals surface area (Å²) in [5.41, 5.74) is 7.04. The molecule has 7 nitrogen and oxygen atoms in total. The zero-order chi connectivity index (χ0) is 14.5. The van der Waals surface area contributed by atoms with Crippen LogP contribution in [-0.4, -0.2) is 21.9 Å². The van der Waals surface area contributed by atoms with Crippen LogP contribution < -0.4 is 15.9 Å². The van der Waals surface area contributed by atoms with E-state index in [1.54, 1.807) is 29.6 Å². The molecule has 0 unspecified atom stereocenters. The normalized spacial score (nSPS) is 11.3. The summed E-state index contributed by atoms with van der Waals surface area (Å²) in [5, 5.41) is 15.7. The Morgan fingerprint density at radius 2 is 2.00 bits per heavy atom. The van der Waals surface area contributed by atoms with Gasteiger partial charge in [-0.2, -0.15) is 0 Å². The predicted molar refractivity (Wildman–Crippen MR) is 75.1 cm³/mol. The van der Waals surface area contributed by atoms with Crippen LogP contribution in [0.1, 0.15) is 21.6 Å². The van der Waals surface area contributed by atoms with Crippen molar-refractivity contribution >= 4 is 23.1 Å². The second-order valence-corrected chi connectivity index (χ2v) is 4.76. The summed E-state index contributed by atoms with van der Waals surface area (Å²) >= 11 is 1.05. The zero-order valence-electron chi connectivity index (χ0n) is 10.3. The molecule has 0 aliphatic rings. The molecular weight excluding hydrogens is 280 g/mol. The third-order valence-electron chi connectivity index (χ3n) is 2.56. The summed E-state index contributed by atoms with van der Waals surface area (Å²) in [6, 6.07) is 6.30. The van der Waals surface area contributed by atoms with Gasteiger partial charge in [0.1, 0.15) is 0 Å². The molecule has 0 radical (unpaired) electrons. The summed E-state index contributed by atoms with van der Waals surface area (Å²) in [4.78, 5) is 25.3. The maximum Gasteiger partial charge on any atom is 0.304 e. The van der Waals surface area contributed by atoms with E-state index in [9.17, 15) is 9.59 Å². The minimum absolute atomic E-state index is 0.0205. The average Bonchev–Trinajstić information content (AvgIpc) is 2.89. The number of carbonyl (C=O) groups is 1. The summed E-state index contributed by atoms with van der Waals surface area (Å²) in [5.74, 6) is -0.295. The van der Waals surface area contributed by atoms with Gasteiger partial charge in [0.25, 0.3) is 5.91 Å². The molecule has 0 bridgehead atoms. The number of nitrogens with one attached hydrogen (secondary N) is 2. The third kappa shape index (κ3) is 3.23. The Balaban J connectivity index is 2.00. The molecule has 5 N–H and O–H groups in total. The van der Waals surface area contributed by atoms with Crippen molar-refractivity contribution in [2.45, 2.75) is 6.54 Å². The molecule has 20 heavy (non-hydrogen) atoms. The average molecular weight is 292 g/mol. The summed E-state index contributed by atoms with van der Waals surface area (Å²) in [7, 11) is 0. The van der Waals surface area contributed by atoms with Crippen LogP contribution in [0.3, 0.4) is 0 Å². The van der Waals surface area contributed by atoms with Gasteiger partial charge in [-0.3, -0.25) is 9.59 Å². The second kappa shape index (κ2) is 6.02. The topological polar surface area (TPSA) is 121 Å². The molecule has 0 spiro atoms. The van der Waals surface area contributed by atoms with Crippen LogP contribution in [0.25, 0.3) is 0 Å². The standard InChI is InChI=1S/C12H12N4O3S/c13-10(16-19)7-1-3-8(4-2-7)11(17)14-5-9-6-20-12(18)15-9/h1-4,6,19H,5H2,(H2,13,16)(H,14,17)(H,15,18). The summed E-state index contributed by atoms with van der Waals surface area (Å²) in [6.07, 6.45) is 0. The Labute approximate surface area is 117 Å². The van der Waals surface area contributed by atoms with Gasteiger partial charge in [0.2, 0.25) is 0 Å².